The Kier molecular flexibility index (Phi) is 4.85. The Hall–Kier alpha value is -2.28. The van der Waals surface area contributed by atoms with Crippen molar-refractivity contribution >= 4 is 11.8 Å². The van der Waals surface area contributed by atoms with E-state index in [4.69, 9.17) is 4.42 Å². The Labute approximate surface area is 147 Å². The number of hydrogen-bond donors (Lipinski definition) is 0. The van der Waals surface area contributed by atoms with Crippen LogP contribution in [0.2, 0.25) is 0 Å². The molecule has 7 heteroatoms. The number of halogens is 3. The predicted octanol–water partition coefficient (Wildman–Crippen LogP) is 5.92. The highest BCUT2D eigenvalue weighted by Gasteiger charge is 2.30. The molecule has 0 saturated heterocycles. The van der Waals surface area contributed by atoms with Crippen molar-refractivity contribution in [2.24, 2.45) is 0 Å². The van der Waals surface area contributed by atoms with Crippen molar-refractivity contribution in [3.8, 4) is 11.5 Å². The zero-order valence-electron chi connectivity index (χ0n) is 13.5. The monoisotopic (exact) mass is 364 g/mol. The van der Waals surface area contributed by atoms with Crippen molar-refractivity contribution in [3.05, 3.63) is 65.5 Å². The number of rotatable bonds is 4. The molecule has 1 aromatic heterocycles. The van der Waals surface area contributed by atoms with Crippen LogP contribution in [-0.4, -0.2) is 10.2 Å². The molecule has 3 nitrogen and oxygen atoms in total. The summed E-state index contributed by atoms with van der Waals surface area (Å²) >= 11 is 1.24. The maximum Gasteiger partial charge on any atom is 0.416 e. The van der Waals surface area contributed by atoms with Gasteiger partial charge in [-0.3, -0.25) is 0 Å². The third-order valence-electron chi connectivity index (χ3n) is 3.56. The summed E-state index contributed by atoms with van der Waals surface area (Å²) in [4.78, 5) is 0.498. The Morgan fingerprint density at radius 2 is 1.76 bits per heavy atom. The fourth-order valence-corrected chi connectivity index (χ4v) is 3.17. The minimum absolute atomic E-state index is 0.268. The van der Waals surface area contributed by atoms with Crippen LogP contribution in [-0.2, 0) is 6.18 Å². The maximum atomic E-state index is 12.8. The molecule has 3 aromatic rings. The van der Waals surface area contributed by atoms with Gasteiger partial charge in [0.1, 0.15) is 0 Å². The molecule has 0 saturated carbocycles. The van der Waals surface area contributed by atoms with E-state index in [-0.39, 0.29) is 5.25 Å². The third-order valence-corrected chi connectivity index (χ3v) is 4.64. The van der Waals surface area contributed by atoms with Crippen LogP contribution in [0.3, 0.4) is 0 Å². The highest BCUT2D eigenvalue weighted by atomic mass is 32.2. The fourth-order valence-electron chi connectivity index (χ4n) is 2.21. The lowest BCUT2D eigenvalue weighted by Crippen LogP contribution is -2.04. The number of alkyl halides is 3. The third kappa shape index (κ3) is 4.22. The van der Waals surface area contributed by atoms with Crippen LogP contribution in [0.15, 0.2) is 57.8 Å². The van der Waals surface area contributed by atoms with Crippen molar-refractivity contribution in [1.82, 2.24) is 10.2 Å². The van der Waals surface area contributed by atoms with Gasteiger partial charge in [-0.25, -0.2) is 0 Å². The molecule has 25 heavy (non-hydrogen) atoms. The summed E-state index contributed by atoms with van der Waals surface area (Å²) in [7, 11) is 0. The Bertz CT molecular complexity index is 859. The number of aryl methyl sites for hydroxylation is 1. The number of aromatic nitrogens is 2. The van der Waals surface area contributed by atoms with Gasteiger partial charge in [-0.05, 0) is 44.2 Å². The summed E-state index contributed by atoms with van der Waals surface area (Å²) in [5.74, 6) is 0.768. The number of benzene rings is 2. The van der Waals surface area contributed by atoms with Crippen LogP contribution >= 0.6 is 11.8 Å². The first-order chi connectivity index (χ1) is 11.8. The van der Waals surface area contributed by atoms with Crippen molar-refractivity contribution in [1.29, 1.82) is 0 Å². The predicted molar refractivity (Wildman–Crippen MR) is 90.2 cm³/mol. The fraction of sp³-hybridized carbons (Fsp3) is 0.222. The topological polar surface area (TPSA) is 38.9 Å². The SMILES string of the molecule is Cc1ccc(-c2nnc([C@H](C)Sc3cccc(C(F)(F)F)c3)o2)cc1. The molecule has 0 amide bonds. The highest BCUT2D eigenvalue weighted by Crippen LogP contribution is 2.38. The molecule has 1 heterocycles. The van der Waals surface area contributed by atoms with Gasteiger partial charge in [0.2, 0.25) is 11.8 Å². The van der Waals surface area contributed by atoms with E-state index in [1.165, 1.54) is 17.8 Å². The van der Waals surface area contributed by atoms with Gasteiger partial charge >= 0.3 is 6.18 Å². The minimum atomic E-state index is -4.36. The van der Waals surface area contributed by atoms with Gasteiger partial charge in [0, 0.05) is 10.5 Å². The lowest BCUT2D eigenvalue weighted by atomic mass is 10.1. The number of nitrogens with zero attached hydrogens (tertiary/aromatic N) is 2. The summed E-state index contributed by atoms with van der Waals surface area (Å²) in [5, 5.41) is 7.78. The summed E-state index contributed by atoms with van der Waals surface area (Å²) in [6, 6.07) is 12.9. The van der Waals surface area contributed by atoms with E-state index in [1.807, 2.05) is 38.1 Å². The second-order valence-electron chi connectivity index (χ2n) is 5.60. The second-order valence-corrected chi connectivity index (χ2v) is 7.01. The first-order valence-corrected chi connectivity index (χ1v) is 8.45. The van der Waals surface area contributed by atoms with Crippen molar-refractivity contribution < 1.29 is 17.6 Å². The summed E-state index contributed by atoms with van der Waals surface area (Å²) < 4.78 is 44.1. The zero-order chi connectivity index (χ0) is 18.0. The van der Waals surface area contributed by atoms with Crippen LogP contribution in [0.25, 0.3) is 11.5 Å². The molecule has 0 fully saturated rings. The van der Waals surface area contributed by atoms with Crippen molar-refractivity contribution in [2.75, 3.05) is 0 Å². The molecule has 0 bridgehead atoms. The second kappa shape index (κ2) is 6.92. The van der Waals surface area contributed by atoms with Gasteiger partial charge in [-0.2, -0.15) is 13.2 Å². The first-order valence-electron chi connectivity index (χ1n) is 7.57. The molecule has 0 unspecified atom stereocenters. The first kappa shape index (κ1) is 17.5. The van der Waals surface area contributed by atoms with E-state index in [1.54, 1.807) is 6.07 Å². The van der Waals surface area contributed by atoms with Gasteiger partial charge in [-0.15, -0.1) is 22.0 Å². The van der Waals surface area contributed by atoms with Gasteiger partial charge in [-0.1, -0.05) is 23.8 Å². The van der Waals surface area contributed by atoms with E-state index >= 15 is 0 Å². The largest absolute Gasteiger partial charge is 0.419 e. The molecule has 2 aromatic carbocycles. The highest BCUT2D eigenvalue weighted by molar-refractivity contribution is 7.99. The van der Waals surface area contributed by atoms with Gasteiger partial charge in [0.05, 0.1) is 10.8 Å². The van der Waals surface area contributed by atoms with E-state index in [2.05, 4.69) is 10.2 Å². The number of thioether (sulfide) groups is 1. The van der Waals surface area contributed by atoms with E-state index < -0.39 is 11.7 Å². The van der Waals surface area contributed by atoms with E-state index in [0.29, 0.717) is 16.7 Å². The van der Waals surface area contributed by atoms with Gasteiger partial charge in [0.25, 0.3) is 0 Å². The quantitative estimate of drug-likeness (QED) is 0.539. The number of hydrogen-bond acceptors (Lipinski definition) is 4. The van der Waals surface area contributed by atoms with E-state index in [9.17, 15) is 13.2 Å². The van der Waals surface area contributed by atoms with Crippen LogP contribution in [0.4, 0.5) is 13.2 Å². The van der Waals surface area contributed by atoms with Crippen LogP contribution in [0, 0.1) is 6.92 Å². The molecule has 1 atom stereocenters. The van der Waals surface area contributed by atoms with Crippen LogP contribution in [0.1, 0.15) is 29.2 Å². The average Bonchev–Trinajstić information content (AvgIpc) is 3.05. The summed E-state index contributed by atoms with van der Waals surface area (Å²) in [5.41, 5.74) is 1.26. The molecular formula is C18H15F3N2OS. The minimum Gasteiger partial charge on any atom is -0.419 e. The molecule has 0 radical (unpaired) electrons. The summed E-state index contributed by atoms with van der Waals surface area (Å²) in [6.07, 6.45) is -4.36. The average molecular weight is 364 g/mol. The molecule has 0 aliphatic rings. The van der Waals surface area contributed by atoms with Gasteiger partial charge in [0.15, 0.2) is 0 Å². The lowest BCUT2D eigenvalue weighted by molar-refractivity contribution is -0.137. The zero-order valence-corrected chi connectivity index (χ0v) is 14.4. The molecular weight excluding hydrogens is 349 g/mol. The summed E-state index contributed by atoms with van der Waals surface area (Å²) in [6.45, 7) is 3.80. The normalized spacial score (nSPS) is 13.0. The van der Waals surface area contributed by atoms with Gasteiger partial charge < -0.3 is 4.42 Å². The standard InChI is InChI=1S/C18H15F3N2OS/c1-11-6-8-13(9-7-11)17-23-22-16(24-17)12(2)25-15-5-3-4-14(10-15)18(19,20)21/h3-10,12H,1-2H3/t12-/m0/s1. The Balaban J connectivity index is 1.76. The van der Waals surface area contributed by atoms with Crippen molar-refractivity contribution in [3.63, 3.8) is 0 Å². The van der Waals surface area contributed by atoms with Crippen LogP contribution < -0.4 is 0 Å². The van der Waals surface area contributed by atoms with Crippen molar-refractivity contribution in [2.45, 2.75) is 30.2 Å². The molecule has 0 spiro atoms. The maximum absolute atomic E-state index is 12.8. The lowest BCUT2D eigenvalue weighted by Gasteiger charge is -2.10. The molecule has 0 aliphatic carbocycles. The molecule has 0 N–H and O–H groups in total. The Morgan fingerprint density at radius 1 is 1.04 bits per heavy atom. The molecule has 0 aliphatic heterocycles. The Morgan fingerprint density at radius 3 is 2.44 bits per heavy atom. The molecule has 130 valence electrons. The van der Waals surface area contributed by atoms with E-state index in [0.717, 1.165) is 23.3 Å². The smallest absolute Gasteiger partial charge is 0.416 e. The molecule has 3 rings (SSSR count). The van der Waals surface area contributed by atoms with Crippen LogP contribution in [0.5, 0.6) is 0 Å².